The van der Waals surface area contributed by atoms with Gasteiger partial charge in [0.1, 0.15) is 0 Å². The summed E-state index contributed by atoms with van der Waals surface area (Å²) in [4.78, 5) is 55.6. The molecule has 0 unspecified atom stereocenters. The zero-order valence-corrected chi connectivity index (χ0v) is 21.9. The SMILES string of the molecule is CC(C)n1c(=O)n(CC2CC2)c(=O)c2cc(NC(=O)N3CCCN(C(=O)Nc4ccccc4)CC3)ccc21. The normalized spacial score (nSPS) is 16.0. The van der Waals surface area contributed by atoms with Crippen molar-refractivity contribution in [2.45, 2.75) is 45.7 Å². The van der Waals surface area contributed by atoms with E-state index >= 15 is 0 Å². The quantitative estimate of drug-likeness (QED) is 0.534. The minimum Gasteiger partial charge on any atom is -0.323 e. The number of nitrogens with one attached hydrogen (secondary N) is 2. The van der Waals surface area contributed by atoms with Crippen molar-refractivity contribution in [2.75, 3.05) is 36.8 Å². The standard InChI is InChI=1S/C28H34N6O4/c1-19(2)34-24-12-11-22(17-23(24)25(35)33(28(34)38)18-20-9-10-20)30-27(37)32-14-6-13-31(15-16-32)26(36)29-21-7-4-3-5-8-21/h3-5,7-8,11-12,17,19-20H,6,9-10,13-16,18H2,1-2H3,(H,29,36)(H,30,37). The van der Waals surface area contributed by atoms with Crippen LogP contribution < -0.4 is 21.9 Å². The van der Waals surface area contributed by atoms with Crippen LogP contribution in [-0.2, 0) is 6.54 Å². The third kappa shape index (κ3) is 5.44. The van der Waals surface area contributed by atoms with Crippen LogP contribution in [0.25, 0.3) is 10.9 Å². The minimum absolute atomic E-state index is 0.115. The molecule has 0 spiro atoms. The Labute approximate surface area is 220 Å². The molecule has 3 aromatic rings. The van der Waals surface area contributed by atoms with Crippen molar-refractivity contribution in [2.24, 2.45) is 5.92 Å². The number of para-hydroxylation sites is 1. The summed E-state index contributed by atoms with van der Waals surface area (Å²) in [5.41, 5.74) is 1.18. The van der Waals surface area contributed by atoms with Crippen LogP contribution in [0.1, 0.15) is 39.2 Å². The van der Waals surface area contributed by atoms with E-state index < -0.39 is 0 Å². The summed E-state index contributed by atoms with van der Waals surface area (Å²) < 4.78 is 2.99. The Morgan fingerprint density at radius 3 is 2.11 bits per heavy atom. The molecule has 1 aliphatic heterocycles. The van der Waals surface area contributed by atoms with E-state index in [-0.39, 0.29) is 29.4 Å². The predicted octanol–water partition coefficient (Wildman–Crippen LogP) is 3.93. The van der Waals surface area contributed by atoms with Crippen LogP contribution in [0.5, 0.6) is 0 Å². The molecule has 1 saturated heterocycles. The lowest BCUT2D eigenvalue weighted by atomic mass is 10.2. The van der Waals surface area contributed by atoms with E-state index in [4.69, 9.17) is 0 Å². The summed E-state index contributed by atoms with van der Waals surface area (Å²) >= 11 is 0. The van der Waals surface area contributed by atoms with Gasteiger partial charge in [-0.05, 0) is 69.4 Å². The maximum atomic E-state index is 13.3. The van der Waals surface area contributed by atoms with E-state index in [2.05, 4.69) is 10.6 Å². The van der Waals surface area contributed by atoms with Crippen molar-refractivity contribution < 1.29 is 9.59 Å². The number of carbonyl (C=O) groups excluding carboxylic acids is 2. The lowest BCUT2D eigenvalue weighted by Crippen LogP contribution is -2.41. The molecule has 38 heavy (non-hydrogen) atoms. The number of amides is 4. The Bertz CT molecular complexity index is 1460. The van der Waals surface area contributed by atoms with Gasteiger partial charge in [0, 0.05) is 50.1 Å². The first-order valence-electron chi connectivity index (χ1n) is 13.3. The first kappa shape index (κ1) is 25.6. The van der Waals surface area contributed by atoms with Gasteiger partial charge in [-0.15, -0.1) is 0 Å². The largest absolute Gasteiger partial charge is 0.331 e. The molecular formula is C28H34N6O4. The van der Waals surface area contributed by atoms with Gasteiger partial charge in [0.2, 0.25) is 0 Å². The molecular weight excluding hydrogens is 484 g/mol. The number of hydrogen-bond donors (Lipinski definition) is 2. The fourth-order valence-corrected chi connectivity index (χ4v) is 4.93. The molecule has 2 aromatic carbocycles. The maximum Gasteiger partial charge on any atom is 0.331 e. The number of hydrogen-bond acceptors (Lipinski definition) is 4. The van der Waals surface area contributed by atoms with Crippen molar-refractivity contribution in [3.8, 4) is 0 Å². The number of anilines is 2. The summed E-state index contributed by atoms with van der Waals surface area (Å²) in [7, 11) is 0. The van der Waals surface area contributed by atoms with Crippen molar-refractivity contribution in [1.82, 2.24) is 18.9 Å². The smallest absolute Gasteiger partial charge is 0.323 e. The molecule has 0 bridgehead atoms. The molecule has 1 saturated carbocycles. The molecule has 2 aliphatic rings. The zero-order chi connectivity index (χ0) is 26.8. The van der Waals surface area contributed by atoms with E-state index in [1.807, 2.05) is 44.2 Å². The number of aromatic nitrogens is 2. The Balaban J connectivity index is 1.30. The zero-order valence-electron chi connectivity index (χ0n) is 21.9. The van der Waals surface area contributed by atoms with E-state index in [1.54, 1.807) is 32.6 Å². The summed E-state index contributed by atoms with van der Waals surface area (Å²) in [5, 5.41) is 6.22. The van der Waals surface area contributed by atoms with Crippen LogP contribution in [0, 0.1) is 5.92 Å². The van der Waals surface area contributed by atoms with E-state index in [0.29, 0.717) is 61.7 Å². The molecule has 10 nitrogen and oxygen atoms in total. The van der Waals surface area contributed by atoms with Crippen molar-refractivity contribution in [3.63, 3.8) is 0 Å². The van der Waals surface area contributed by atoms with Gasteiger partial charge in [0.25, 0.3) is 5.56 Å². The third-order valence-corrected chi connectivity index (χ3v) is 7.17. The highest BCUT2D eigenvalue weighted by Gasteiger charge is 2.26. The van der Waals surface area contributed by atoms with Crippen LogP contribution in [0.15, 0.2) is 58.1 Å². The van der Waals surface area contributed by atoms with Crippen molar-refractivity contribution >= 4 is 34.3 Å². The van der Waals surface area contributed by atoms with Gasteiger partial charge in [-0.1, -0.05) is 18.2 Å². The van der Waals surface area contributed by atoms with Gasteiger partial charge in [-0.3, -0.25) is 13.9 Å². The Morgan fingerprint density at radius 1 is 0.868 bits per heavy atom. The first-order chi connectivity index (χ1) is 18.3. The van der Waals surface area contributed by atoms with Crippen LogP contribution in [-0.4, -0.2) is 57.2 Å². The molecule has 1 aromatic heterocycles. The van der Waals surface area contributed by atoms with Gasteiger partial charge in [-0.2, -0.15) is 0 Å². The monoisotopic (exact) mass is 518 g/mol. The van der Waals surface area contributed by atoms with Crippen molar-refractivity contribution in [1.29, 1.82) is 0 Å². The second kappa shape index (κ2) is 10.7. The highest BCUT2D eigenvalue weighted by Crippen LogP contribution is 2.30. The fourth-order valence-electron chi connectivity index (χ4n) is 4.93. The molecule has 0 atom stereocenters. The van der Waals surface area contributed by atoms with Gasteiger partial charge < -0.3 is 20.4 Å². The number of rotatable bonds is 5. The highest BCUT2D eigenvalue weighted by atomic mass is 16.2. The Hall–Kier alpha value is -4.08. The average molecular weight is 519 g/mol. The maximum absolute atomic E-state index is 13.3. The van der Waals surface area contributed by atoms with E-state index in [9.17, 15) is 19.2 Å². The summed E-state index contributed by atoms with van der Waals surface area (Å²) in [5.74, 6) is 0.374. The van der Waals surface area contributed by atoms with Crippen LogP contribution >= 0.6 is 0 Å². The Kier molecular flexibility index (Phi) is 7.22. The number of fused-ring (bicyclic) bond motifs is 1. The third-order valence-electron chi connectivity index (χ3n) is 7.17. The molecule has 5 rings (SSSR count). The number of carbonyl (C=O) groups is 2. The van der Waals surface area contributed by atoms with Gasteiger partial charge >= 0.3 is 17.8 Å². The molecule has 2 N–H and O–H groups in total. The molecule has 2 heterocycles. The first-order valence-corrected chi connectivity index (χ1v) is 13.3. The topological polar surface area (TPSA) is 109 Å². The van der Waals surface area contributed by atoms with Crippen molar-refractivity contribution in [3.05, 3.63) is 69.4 Å². The predicted molar refractivity (Wildman–Crippen MR) is 148 cm³/mol. The molecule has 1 aliphatic carbocycles. The second-order valence-electron chi connectivity index (χ2n) is 10.4. The van der Waals surface area contributed by atoms with Gasteiger partial charge in [-0.25, -0.2) is 14.4 Å². The highest BCUT2D eigenvalue weighted by molar-refractivity contribution is 5.93. The lowest BCUT2D eigenvalue weighted by Gasteiger charge is -2.23. The average Bonchev–Trinajstić information content (AvgIpc) is 3.74. The van der Waals surface area contributed by atoms with E-state index in [0.717, 1.165) is 18.5 Å². The van der Waals surface area contributed by atoms with Crippen LogP contribution in [0.2, 0.25) is 0 Å². The lowest BCUT2D eigenvalue weighted by molar-refractivity contribution is 0.205. The summed E-state index contributed by atoms with van der Waals surface area (Å²) in [6.45, 7) is 6.13. The molecule has 10 heteroatoms. The fraction of sp³-hybridized carbons (Fsp3) is 0.429. The number of nitrogens with zero attached hydrogens (tertiary/aromatic N) is 4. The van der Waals surface area contributed by atoms with Gasteiger partial charge in [0.15, 0.2) is 0 Å². The summed E-state index contributed by atoms with van der Waals surface area (Å²) in [6, 6.07) is 13.8. The molecule has 200 valence electrons. The number of urea groups is 2. The van der Waals surface area contributed by atoms with E-state index in [1.165, 1.54) is 4.57 Å². The molecule has 2 fully saturated rings. The number of benzene rings is 2. The van der Waals surface area contributed by atoms with Crippen LogP contribution in [0.4, 0.5) is 21.0 Å². The second-order valence-corrected chi connectivity index (χ2v) is 10.4. The summed E-state index contributed by atoms with van der Waals surface area (Å²) in [6.07, 6.45) is 2.71. The minimum atomic E-state index is -0.320. The molecule has 0 radical (unpaired) electrons. The van der Waals surface area contributed by atoms with Gasteiger partial charge in [0.05, 0.1) is 10.9 Å². The van der Waals surface area contributed by atoms with Crippen LogP contribution in [0.3, 0.4) is 0 Å². The molecule has 4 amide bonds. The Morgan fingerprint density at radius 2 is 1.50 bits per heavy atom.